The van der Waals surface area contributed by atoms with Gasteiger partial charge >= 0.3 is 0 Å². The monoisotopic (exact) mass is 552 g/mol. The number of rotatable bonds is 4. The van der Waals surface area contributed by atoms with E-state index in [-0.39, 0.29) is 0 Å². The number of aliphatic imine (C=N–C) groups is 2. The van der Waals surface area contributed by atoms with Crippen molar-refractivity contribution < 1.29 is 0 Å². The van der Waals surface area contributed by atoms with E-state index in [1.165, 1.54) is 25.7 Å². The predicted octanol–water partition coefficient (Wildman–Crippen LogP) is 10.4. The van der Waals surface area contributed by atoms with E-state index in [1.807, 2.05) is 12.1 Å². The Morgan fingerprint density at radius 2 is 1.30 bits per heavy atom. The fourth-order valence-electron chi connectivity index (χ4n) is 5.30. The number of halogens is 1. The molecule has 0 amide bonds. The Labute approximate surface area is 242 Å². The summed E-state index contributed by atoms with van der Waals surface area (Å²) in [6, 6.07) is 42.0. The van der Waals surface area contributed by atoms with Crippen LogP contribution >= 0.6 is 22.9 Å². The van der Waals surface area contributed by atoms with Gasteiger partial charge in [-0.1, -0.05) is 115 Å². The highest BCUT2D eigenvalue weighted by Gasteiger charge is 2.17. The molecule has 0 aliphatic carbocycles. The summed E-state index contributed by atoms with van der Waals surface area (Å²) in [4.78, 5) is 10.5. The zero-order valence-corrected chi connectivity index (χ0v) is 23.3. The molecule has 0 saturated heterocycles. The lowest BCUT2D eigenvalue weighted by Crippen LogP contribution is -2.09. The van der Waals surface area contributed by atoms with E-state index in [1.54, 1.807) is 11.3 Å². The van der Waals surface area contributed by atoms with E-state index in [0.717, 1.165) is 46.5 Å². The Morgan fingerprint density at radius 1 is 0.600 bits per heavy atom. The number of fused-ring (bicyclic) bond motifs is 3. The first kappa shape index (κ1) is 24.7. The third-order valence-corrected chi connectivity index (χ3v) is 8.68. The molecule has 192 valence electrons. The molecular formula is C36H25ClN2S. The maximum Gasteiger partial charge on any atom is 0.160 e. The van der Waals surface area contributed by atoms with Crippen LogP contribution in [0.2, 0.25) is 5.02 Å². The minimum absolute atomic E-state index is 0.705. The van der Waals surface area contributed by atoms with Crippen LogP contribution in [0.4, 0.5) is 0 Å². The first-order chi connectivity index (χ1) is 19.7. The van der Waals surface area contributed by atoms with Crippen molar-refractivity contribution in [3.05, 3.63) is 149 Å². The fraction of sp³-hybridized carbons (Fsp3) is 0.0556. The van der Waals surface area contributed by atoms with Gasteiger partial charge in [0.1, 0.15) is 0 Å². The topological polar surface area (TPSA) is 24.7 Å². The van der Waals surface area contributed by atoms with Crippen LogP contribution in [0.15, 0.2) is 137 Å². The first-order valence-electron chi connectivity index (χ1n) is 13.4. The lowest BCUT2D eigenvalue weighted by Gasteiger charge is -2.14. The highest BCUT2D eigenvalue weighted by molar-refractivity contribution is 7.26. The summed E-state index contributed by atoms with van der Waals surface area (Å²) in [7, 11) is 0. The summed E-state index contributed by atoms with van der Waals surface area (Å²) in [6.07, 6.45) is 3.90. The summed E-state index contributed by atoms with van der Waals surface area (Å²) < 4.78 is 2.45. The van der Waals surface area contributed by atoms with Crippen LogP contribution in [0.1, 0.15) is 29.5 Å². The molecule has 1 aliphatic rings. The maximum absolute atomic E-state index is 6.72. The van der Waals surface area contributed by atoms with Crippen molar-refractivity contribution in [2.24, 2.45) is 9.98 Å². The molecule has 0 N–H and O–H groups in total. The molecule has 2 nitrogen and oxygen atoms in total. The van der Waals surface area contributed by atoms with Gasteiger partial charge in [0.15, 0.2) is 5.84 Å². The largest absolute Gasteiger partial charge is 0.232 e. The number of amidine groups is 1. The van der Waals surface area contributed by atoms with Crippen molar-refractivity contribution in [2.45, 2.75) is 12.8 Å². The Hall–Kier alpha value is -4.31. The van der Waals surface area contributed by atoms with Gasteiger partial charge in [-0.25, -0.2) is 9.98 Å². The maximum atomic E-state index is 6.72. The van der Waals surface area contributed by atoms with Crippen LogP contribution in [0.25, 0.3) is 37.0 Å². The van der Waals surface area contributed by atoms with Crippen molar-refractivity contribution in [3.8, 4) is 11.1 Å². The molecule has 7 rings (SSSR count). The normalized spacial score (nSPS) is 17.8. The lowest BCUT2D eigenvalue weighted by atomic mass is 10.0. The van der Waals surface area contributed by atoms with E-state index >= 15 is 0 Å². The van der Waals surface area contributed by atoms with E-state index in [4.69, 9.17) is 21.6 Å². The van der Waals surface area contributed by atoms with Gasteiger partial charge < -0.3 is 0 Å². The Kier molecular flexibility index (Phi) is 6.60. The van der Waals surface area contributed by atoms with Gasteiger partial charge in [0, 0.05) is 36.3 Å². The summed E-state index contributed by atoms with van der Waals surface area (Å²) in [5, 5.41) is 3.11. The Morgan fingerprint density at radius 3 is 2.12 bits per heavy atom. The smallest absolute Gasteiger partial charge is 0.160 e. The van der Waals surface area contributed by atoms with Gasteiger partial charge in [-0.3, -0.25) is 0 Å². The van der Waals surface area contributed by atoms with Crippen molar-refractivity contribution >= 4 is 60.4 Å². The minimum Gasteiger partial charge on any atom is -0.232 e. The van der Waals surface area contributed by atoms with Crippen LogP contribution in [0, 0.1) is 0 Å². The highest BCUT2D eigenvalue weighted by Crippen LogP contribution is 2.41. The summed E-state index contributed by atoms with van der Waals surface area (Å²) >= 11 is 8.51. The quantitative estimate of drug-likeness (QED) is 0.208. The zero-order valence-electron chi connectivity index (χ0n) is 21.7. The predicted molar refractivity (Wildman–Crippen MR) is 173 cm³/mol. The van der Waals surface area contributed by atoms with Gasteiger partial charge in [-0.15, -0.1) is 11.3 Å². The molecule has 0 atom stereocenters. The number of hydrogen-bond acceptors (Lipinski definition) is 3. The molecule has 0 bridgehead atoms. The molecule has 0 saturated carbocycles. The number of nitrogens with zero attached hydrogens (tertiary/aromatic N) is 2. The van der Waals surface area contributed by atoms with Gasteiger partial charge in [-0.2, -0.15) is 0 Å². The number of hydrogen-bond donors (Lipinski definition) is 0. The van der Waals surface area contributed by atoms with Crippen LogP contribution in [-0.4, -0.2) is 11.5 Å². The molecule has 4 heteroatoms. The van der Waals surface area contributed by atoms with Gasteiger partial charge in [-0.05, 0) is 53.8 Å². The standard InChI is InChI=1S/C36H25ClN2S/c37-28-22-30-29-17-7-8-20-34(29)40-35(30)31(23-28)33-19-10-18-32(25-13-5-2-6-14-25)38-36(39-33)27-16-9-15-26(21-27)24-11-3-1-4-12-24/h1-9,11-17,19-23H,10,18H2/b33-19-,38-32-,39-36-. The number of allylic oxidation sites excluding steroid dienone is 1. The molecule has 40 heavy (non-hydrogen) atoms. The third-order valence-electron chi connectivity index (χ3n) is 7.24. The van der Waals surface area contributed by atoms with Crippen LogP contribution in [0.3, 0.4) is 0 Å². The molecule has 0 spiro atoms. The average molecular weight is 553 g/mol. The molecule has 0 radical (unpaired) electrons. The molecule has 6 aromatic rings. The number of thiophene rings is 1. The summed E-state index contributed by atoms with van der Waals surface area (Å²) in [5.41, 5.74) is 7.42. The molecule has 1 aromatic heterocycles. The summed E-state index contributed by atoms with van der Waals surface area (Å²) in [6.45, 7) is 0. The van der Waals surface area contributed by atoms with Gasteiger partial charge in [0.25, 0.3) is 0 Å². The SMILES string of the molecule is Clc1cc(C2=C/CC/C(c3ccccc3)=N/C(c3cccc(-c4ccccc4)c3)=N\2)c2sc3ccccc3c2c1. The van der Waals surface area contributed by atoms with Gasteiger partial charge in [0.05, 0.1) is 11.4 Å². The minimum atomic E-state index is 0.705. The lowest BCUT2D eigenvalue weighted by molar-refractivity contribution is 1.09. The third kappa shape index (κ3) is 4.79. The van der Waals surface area contributed by atoms with Crippen molar-refractivity contribution in [3.63, 3.8) is 0 Å². The molecule has 5 aromatic carbocycles. The van der Waals surface area contributed by atoms with E-state index in [0.29, 0.717) is 10.9 Å². The van der Waals surface area contributed by atoms with Crippen LogP contribution in [-0.2, 0) is 0 Å². The Bertz CT molecular complexity index is 1950. The molecule has 0 fully saturated rings. The molecule has 1 aliphatic heterocycles. The molecule has 2 heterocycles. The molecule has 0 unspecified atom stereocenters. The van der Waals surface area contributed by atoms with E-state index < -0.39 is 0 Å². The van der Waals surface area contributed by atoms with Crippen molar-refractivity contribution in [2.75, 3.05) is 0 Å². The second-order valence-corrected chi connectivity index (χ2v) is 11.4. The second-order valence-electron chi connectivity index (χ2n) is 9.86. The number of benzene rings is 5. The van der Waals surface area contributed by atoms with Crippen molar-refractivity contribution in [1.29, 1.82) is 0 Å². The fourth-order valence-corrected chi connectivity index (χ4v) is 6.73. The summed E-state index contributed by atoms with van der Waals surface area (Å²) in [5.74, 6) is 0.705. The van der Waals surface area contributed by atoms with Crippen molar-refractivity contribution in [1.82, 2.24) is 0 Å². The highest BCUT2D eigenvalue weighted by atomic mass is 35.5. The zero-order chi connectivity index (χ0) is 26.9. The second kappa shape index (κ2) is 10.7. The Balaban J connectivity index is 1.43. The molecular weight excluding hydrogens is 528 g/mol. The van der Waals surface area contributed by atoms with Crippen LogP contribution in [0.5, 0.6) is 0 Å². The van der Waals surface area contributed by atoms with E-state index in [2.05, 4.69) is 115 Å². The average Bonchev–Trinajstić information content (AvgIpc) is 3.36. The van der Waals surface area contributed by atoms with E-state index in [9.17, 15) is 0 Å². The van der Waals surface area contributed by atoms with Crippen LogP contribution < -0.4 is 0 Å². The van der Waals surface area contributed by atoms with Gasteiger partial charge in [0.2, 0.25) is 0 Å². The first-order valence-corrected chi connectivity index (χ1v) is 14.6.